The summed E-state index contributed by atoms with van der Waals surface area (Å²) in [5.41, 5.74) is 0.0755. The summed E-state index contributed by atoms with van der Waals surface area (Å²) >= 11 is 0. The Kier molecular flexibility index (Phi) is 5.65. The minimum Gasteiger partial charge on any atom is -0.465 e. The average Bonchev–Trinajstić information content (AvgIpc) is 3.66. The van der Waals surface area contributed by atoms with Crippen molar-refractivity contribution in [3.63, 3.8) is 0 Å². The van der Waals surface area contributed by atoms with Gasteiger partial charge in [0.2, 0.25) is 5.91 Å². The predicted molar refractivity (Wildman–Crippen MR) is 119 cm³/mol. The number of pyridine rings is 1. The highest BCUT2D eigenvalue weighted by molar-refractivity contribution is 6.02. The maximum Gasteiger partial charge on any atom is 0.338 e. The number of esters is 1. The van der Waals surface area contributed by atoms with E-state index in [1.807, 2.05) is 13.0 Å². The largest absolute Gasteiger partial charge is 0.465 e. The normalized spacial score (nSPS) is 13.2. The Labute approximate surface area is 183 Å². The number of aromatic nitrogens is 3. The zero-order valence-corrected chi connectivity index (χ0v) is 18.2. The predicted octanol–water partition coefficient (Wildman–Crippen LogP) is 1.81. The summed E-state index contributed by atoms with van der Waals surface area (Å²) in [6.07, 6.45) is 1.87. The second-order valence-corrected chi connectivity index (χ2v) is 7.77. The zero-order chi connectivity index (χ0) is 23.0. The summed E-state index contributed by atoms with van der Waals surface area (Å²) in [6.45, 7) is 1.71. The zero-order valence-electron chi connectivity index (χ0n) is 18.2. The highest BCUT2D eigenvalue weighted by Gasteiger charge is 2.29. The molecule has 3 aromatic rings. The van der Waals surface area contributed by atoms with Crippen molar-refractivity contribution >= 4 is 28.6 Å². The van der Waals surface area contributed by atoms with Crippen LogP contribution in [0.4, 0.5) is 5.69 Å². The van der Waals surface area contributed by atoms with Gasteiger partial charge in [0.25, 0.3) is 5.56 Å². The number of anilines is 1. The molecule has 9 heteroatoms. The molecule has 2 aromatic heterocycles. The van der Waals surface area contributed by atoms with Crippen LogP contribution in [0.2, 0.25) is 0 Å². The molecule has 0 spiro atoms. The molecule has 0 unspecified atom stereocenters. The summed E-state index contributed by atoms with van der Waals surface area (Å²) in [5, 5.41) is -0.0288. The fourth-order valence-electron chi connectivity index (χ4n) is 3.83. The van der Waals surface area contributed by atoms with Gasteiger partial charge < -0.3 is 9.64 Å². The molecule has 1 fully saturated rings. The monoisotopic (exact) mass is 436 g/mol. The number of para-hydroxylation sites is 1. The van der Waals surface area contributed by atoms with Crippen molar-refractivity contribution in [3.05, 3.63) is 68.5 Å². The number of rotatable bonds is 6. The van der Waals surface area contributed by atoms with E-state index in [2.05, 4.69) is 4.98 Å². The van der Waals surface area contributed by atoms with Gasteiger partial charge in [-0.15, -0.1) is 0 Å². The molecular weight excluding hydrogens is 412 g/mol. The SMILES string of the molecule is CCN(C(=O)Cn1c(=O)c2c(C(=O)OC)cc(C3CC3)nc2n(C)c1=O)c1ccccc1. The smallest absolute Gasteiger partial charge is 0.338 e. The van der Waals surface area contributed by atoms with E-state index >= 15 is 0 Å². The van der Waals surface area contributed by atoms with Gasteiger partial charge in [0.05, 0.1) is 18.1 Å². The number of carbonyl (C=O) groups excluding carboxylic acids is 2. The number of carbonyl (C=O) groups is 2. The molecule has 1 amide bonds. The molecule has 2 heterocycles. The highest BCUT2D eigenvalue weighted by atomic mass is 16.5. The van der Waals surface area contributed by atoms with Crippen LogP contribution in [0.5, 0.6) is 0 Å². The third-order valence-corrected chi connectivity index (χ3v) is 5.69. The number of likely N-dealkylation sites (N-methyl/N-ethyl adjacent to an activating group) is 1. The Morgan fingerprint density at radius 1 is 1.19 bits per heavy atom. The van der Waals surface area contributed by atoms with Gasteiger partial charge in [-0.1, -0.05) is 18.2 Å². The van der Waals surface area contributed by atoms with E-state index < -0.39 is 29.7 Å². The number of ether oxygens (including phenoxy) is 1. The first-order chi connectivity index (χ1) is 15.4. The topological polar surface area (TPSA) is 104 Å². The fraction of sp³-hybridized carbons (Fsp3) is 0.348. The van der Waals surface area contributed by atoms with E-state index in [-0.39, 0.29) is 22.5 Å². The second kappa shape index (κ2) is 8.41. The maximum absolute atomic E-state index is 13.4. The number of hydrogen-bond acceptors (Lipinski definition) is 6. The van der Waals surface area contributed by atoms with Crippen LogP contribution in [0.15, 0.2) is 46.0 Å². The highest BCUT2D eigenvalue weighted by Crippen LogP contribution is 2.39. The van der Waals surface area contributed by atoms with Crippen LogP contribution in [-0.4, -0.2) is 39.6 Å². The summed E-state index contributed by atoms with van der Waals surface area (Å²) in [4.78, 5) is 57.9. The quantitative estimate of drug-likeness (QED) is 0.546. The van der Waals surface area contributed by atoms with Gasteiger partial charge in [0, 0.05) is 30.9 Å². The van der Waals surface area contributed by atoms with Gasteiger partial charge >= 0.3 is 11.7 Å². The first-order valence-corrected chi connectivity index (χ1v) is 10.5. The number of methoxy groups -OCH3 is 1. The molecule has 4 rings (SSSR count). The summed E-state index contributed by atoms with van der Waals surface area (Å²) < 4.78 is 6.94. The van der Waals surface area contributed by atoms with E-state index in [4.69, 9.17) is 4.74 Å². The third-order valence-electron chi connectivity index (χ3n) is 5.69. The Balaban J connectivity index is 1.86. The molecule has 1 aromatic carbocycles. The van der Waals surface area contributed by atoms with E-state index in [1.54, 1.807) is 30.3 Å². The van der Waals surface area contributed by atoms with Crippen molar-refractivity contribution in [2.45, 2.75) is 32.2 Å². The molecule has 1 aliphatic rings. The summed E-state index contributed by atoms with van der Waals surface area (Å²) in [7, 11) is 2.71. The van der Waals surface area contributed by atoms with Gasteiger partial charge in [0.1, 0.15) is 12.2 Å². The van der Waals surface area contributed by atoms with Crippen LogP contribution < -0.4 is 16.1 Å². The molecule has 1 aliphatic carbocycles. The molecule has 32 heavy (non-hydrogen) atoms. The van der Waals surface area contributed by atoms with Crippen LogP contribution in [0, 0.1) is 0 Å². The number of aryl methyl sites for hydroxylation is 1. The molecule has 0 N–H and O–H groups in total. The van der Waals surface area contributed by atoms with E-state index in [0.29, 0.717) is 17.9 Å². The molecule has 0 bridgehead atoms. The van der Waals surface area contributed by atoms with Crippen LogP contribution in [0.1, 0.15) is 41.7 Å². The van der Waals surface area contributed by atoms with Crippen molar-refractivity contribution in [1.82, 2.24) is 14.1 Å². The number of benzene rings is 1. The van der Waals surface area contributed by atoms with E-state index in [9.17, 15) is 19.2 Å². The maximum atomic E-state index is 13.4. The van der Waals surface area contributed by atoms with Crippen LogP contribution in [0.25, 0.3) is 11.0 Å². The Bertz CT molecular complexity index is 1320. The number of hydrogen-bond donors (Lipinski definition) is 0. The molecule has 9 nitrogen and oxygen atoms in total. The number of fused-ring (bicyclic) bond motifs is 1. The fourth-order valence-corrected chi connectivity index (χ4v) is 3.83. The Morgan fingerprint density at radius 3 is 2.47 bits per heavy atom. The number of amides is 1. The van der Waals surface area contributed by atoms with Gasteiger partial charge in [-0.05, 0) is 38.0 Å². The van der Waals surface area contributed by atoms with Gasteiger partial charge in [0.15, 0.2) is 0 Å². The lowest BCUT2D eigenvalue weighted by Crippen LogP contribution is -2.45. The molecule has 0 atom stereocenters. The van der Waals surface area contributed by atoms with Gasteiger partial charge in [-0.2, -0.15) is 0 Å². The first kappa shape index (κ1) is 21.5. The van der Waals surface area contributed by atoms with Crippen molar-refractivity contribution in [1.29, 1.82) is 0 Å². The standard InChI is InChI=1S/C23H24N4O5/c1-4-26(15-8-6-5-7-9-15)18(28)13-27-21(29)19-16(22(30)32-3)12-17(14-10-11-14)24-20(19)25(2)23(27)31/h5-9,12,14H,4,10-11,13H2,1-3H3. The second-order valence-electron chi connectivity index (χ2n) is 7.77. The van der Waals surface area contributed by atoms with E-state index in [1.165, 1.54) is 23.6 Å². The molecule has 166 valence electrons. The average molecular weight is 436 g/mol. The number of nitrogens with zero attached hydrogens (tertiary/aromatic N) is 4. The van der Waals surface area contributed by atoms with Crippen molar-refractivity contribution in [2.75, 3.05) is 18.6 Å². The van der Waals surface area contributed by atoms with Crippen LogP contribution in [-0.2, 0) is 23.1 Å². The van der Waals surface area contributed by atoms with Crippen molar-refractivity contribution < 1.29 is 14.3 Å². The van der Waals surface area contributed by atoms with Gasteiger partial charge in [-0.25, -0.2) is 14.6 Å². The molecule has 0 aliphatic heterocycles. The Morgan fingerprint density at radius 2 is 1.88 bits per heavy atom. The van der Waals surface area contributed by atoms with E-state index in [0.717, 1.165) is 17.4 Å². The molecule has 0 radical (unpaired) electrons. The summed E-state index contributed by atoms with van der Waals surface area (Å²) in [5.74, 6) is -0.905. The van der Waals surface area contributed by atoms with Crippen LogP contribution >= 0.6 is 0 Å². The molecular formula is C23H24N4O5. The van der Waals surface area contributed by atoms with Crippen molar-refractivity contribution in [2.24, 2.45) is 7.05 Å². The lowest BCUT2D eigenvalue weighted by atomic mass is 10.1. The van der Waals surface area contributed by atoms with Crippen molar-refractivity contribution in [3.8, 4) is 0 Å². The summed E-state index contributed by atoms with van der Waals surface area (Å²) in [6, 6.07) is 10.6. The van der Waals surface area contributed by atoms with Gasteiger partial charge in [-0.3, -0.25) is 18.7 Å². The minimum absolute atomic E-state index is 0.0288. The lowest BCUT2D eigenvalue weighted by molar-refractivity contribution is -0.119. The minimum atomic E-state index is -0.740. The van der Waals surface area contributed by atoms with Crippen LogP contribution in [0.3, 0.4) is 0 Å². The first-order valence-electron chi connectivity index (χ1n) is 10.5. The third kappa shape index (κ3) is 3.70. The molecule has 0 saturated heterocycles. The Hall–Kier alpha value is -3.75. The lowest BCUT2D eigenvalue weighted by Gasteiger charge is -2.21. The molecule has 1 saturated carbocycles.